The maximum absolute atomic E-state index is 9.51. The molecule has 1 aliphatic rings. The van der Waals surface area contributed by atoms with Crippen LogP contribution in [0.15, 0.2) is 23.6 Å². The lowest BCUT2D eigenvalue weighted by Gasteiger charge is -2.29. The largest absolute Gasteiger partial charge is 0.394 e. The summed E-state index contributed by atoms with van der Waals surface area (Å²) in [5.74, 6) is 1.04. The summed E-state index contributed by atoms with van der Waals surface area (Å²) in [7, 11) is 0. The smallest absolute Gasteiger partial charge is 0.187 e. The lowest BCUT2D eigenvalue weighted by atomic mass is 9.96. The van der Waals surface area contributed by atoms with Crippen LogP contribution in [0.4, 0.5) is 0 Å². The van der Waals surface area contributed by atoms with E-state index in [0.717, 1.165) is 30.2 Å². The molecule has 1 unspecified atom stereocenters. The Kier molecular flexibility index (Phi) is 5.60. The summed E-state index contributed by atoms with van der Waals surface area (Å²) in [5.41, 5.74) is -0.102. The van der Waals surface area contributed by atoms with Crippen LogP contribution in [0.3, 0.4) is 0 Å². The average molecular weight is 281 g/mol. The topological polar surface area (TPSA) is 58.0 Å². The molecule has 2 rings (SSSR count). The standard InChI is InChI=1S/C14H23N3OS/c1-14(11-18,17-12-5-6-12)7-2-3-10-19-13-15-8-4-9-16-13/h4,8-9,12,17-18H,2-3,5-7,10-11H2,1H3. The van der Waals surface area contributed by atoms with E-state index >= 15 is 0 Å². The third-order valence-corrected chi connectivity index (χ3v) is 4.34. The number of aliphatic hydroxyl groups excluding tert-OH is 1. The van der Waals surface area contributed by atoms with E-state index < -0.39 is 0 Å². The Bertz CT molecular complexity index is 372. The molecule has 1 heterocycles. The van der Waals surface area contributed by atoms with Crippen LogP contribution in [-0.4, -0.2) is 39.0 Å². The number of nitrogens with zero attached hydrogens (tertiary/aromatic N) is 2. The van der Waals surface area contributed by atoms with E-state index in [1.54, 1.807) is 24.2 Å². The fourth-order valence-electron chi connectivity index (χ4n) is 2.06. The van der Waals surface area contributed by atoms with Gasteiger partial charge in [-0.25, -0.2) is 9.97 Å². The molecular formula is C14H23N3OS. The molecule has 1 aromatic rings. The monoisotopic (exact) mass is 281 g/mol. The SMILES string of the molecule is CC(CO)(CCCCSc1ncccn1)NC1CC1. The quantitative estimate of drug-likeness (QED) is 0.413. The van der Waals surface area contributed by atoms with Gasteiger partial charge >= 0.3 is 0 Å². The van der Waals surface area contributed by atoms with E-state index in [2.05, 4.69) is 22.2 Å². The Morgan fingerprint density at radius 2 is 2.11 bits per heavy atom. The first kappa shape index (κ1) is 14.8. The van der Waals surface area contributed by atoms with Crippen molar-refractivity contribution in [3.05, 3.63) is 18.5 Å². The molecule has 106 valence electrons. The number of unbranched alkanes of at least 4 members (excludes halogenated alkanes) is 1. The Labute approximate surface area is 119 Å². The zero-order chi connectivity index (χ0) is 13.6. The lowest BCUT2D eigenvalue weighted by Crippen LogP contribution is -2.46. The average Bonchev–Trinajstić information content (AvgIpc) is 3.23. The van der Waals surface area contributed by atoms with Gasteiger partial charge in [-0.05, 0) is 38.7 Å². The minimum absolute atomic E-state index is 0.102. The fourth-order valence-corrected chi connectivity index (χ4v) is 2.86. The number of thioether (sulfide) groups is 1. The van der Waals surface area contributed by atoms with Gasteiger partial charge in [-0.3, -0.25) is 0 Å². The summed E-state index contributed by atoms with van der Waals surface area (Å²) in [6.45, 7) is 2.34. The highest BCUT2D eigenvalue weighted by Crippen LogP contribution is 2.25. The first-order valence-corrected chi connectivity index (χ1v) is 7.99. The number of aromatic nitrogens is 2. The van der Waals surface area contributed by atoms with Crippen molar-refractivity contribution in [2.75, 3.05) is 12.4 Å². The van der Waals surface area contributed by atoms with Crippen molar-refractivity contribution in [2.45, 2.75) is 55.8 Å². The third-order valence-electron chi connectivity index (χ3n) is 3.38. The molecule has 4 nitrogen and oxygen atoms in total. The first-order chi connectivity index (χ1) is 9.22. The second-order valence-corrected chi connectivity index (χ2v) is 6.54. The first-order valence-electron chi connectivity index (χ1n) is 7.00. The predicted octanol–water partition coefficient (Wildman–Crippen LogP) is 2.24. The zero-order valence-electron chi connectivity index (χ0n) is 11.5. The molecule has 1 aliphatic carbocycles. The van der Waals surface area contributed by atoms with Crippen molar-refractivity contribution in [3.8, 4) is 0 Å². The molecule has 0 aliphatic heterocycles. The van der Waals surface area contributed by atoms with Gasteiger partial charge < -0.3 is 10.4 Å². The highest BCUT2D eigenvalue weighted by atomic mass is 32.2. The van der Waals surface area contributed by atoms with Gasteiger partial charge in [0.1, 0.15) is 0 Å². The van der Waals surface area contributed by atoms with Crippen molar-refractivity contribution >= 4 is 11.8 Å². The van der Waals surface area contributed by atoms with Gasteiger partial charge in [0.2, 0.25) is 0 Å². The summed E-state index contributed by atoms with van der Waals surface area (Å²) in [4.78, 5) is 8.38. The molecule has 0 bridgehead atoms. The zero-order valence-corrected chi connectivity index (χ0v) is 12.3. The van der Waals surface area contributed by atoms with E-state index in [1.807, 2.05) is 6.07 Å². The summed E-state index contributed by atoms with van der Waals surface area (Å²) in [5, 5.41) is 13.9. The maximum Gasteiger partial charge on any atom is 0.187 e. The number of aliphatic hydroxyl groups is 1. The van der Waals surface area contributed by atoms with Crippen molar-refractivity contribution < 1.29 is 5.11 Å². The molecule has 0 spiro atoms. The van der Waals surface area contributed by atoms with E-state index in [4.69, 9.17) is 0 Å². The molecule has 2 N–H and O–H groups in total. The third kappa shape index (κ3) is 5.47. The molecule has 19 heavy (non-hydrogen) atoms. The van der Waals surface area contributed by atoms with Crippen LogP contribution in [0.2, 0.25) is 0 Å². The predicted molar refractivity (Wildman–Crippen MR) is 78.3 cm³/mol. The van der Waals surface area contributed by atoms with Gasteiger partial charge in [-0.15, -0.1) is 0 Å². The minimum Gasteiger partial charge on any atom is -0.394 e. The Morgan fingerprint density at radius 1 is 1.37 bits per heavy atom. The molecule has 1 atom stereocenters. The van der Waals surface area contributed by atoms with Crippen LogP contribution < -0.4 is 5.32 Å². The number of hydrogen-bond acceptors (Lipinski definition) is 5. The van der Waals surface area contributed by atoms with Crippen LogP contribution in [0.1, 0.15) is 39.0 Å². The summed E-state index contributed by atoms with van der Waals surface area (Å²) in [6.07, 6.45) is 9.35. The molecule has 0 aromatic carbocycles. The highest BCUT2D eigenvalue weighted by molar-refractivity contribution is 7.99. The van der Waals surface area contributed by atoms with Crippen molar-refractivity contribution in [2.24, 2.45) is 0 Å². The van der Waals surface area contributed by atoms with E-state index in [9.17, 15) is 5.11 Å². The molecule has 0 saturated heterocycles. The second-order valence-electron chi connectivity index (χ2n) is 5.47. The minimum atomic E-state index is -0.102. The Morgan fingerprint density at radius 3 is 2.74 bits per heavy atom. The van der Waals surface area contributed by atoms with E-state index in [0.29, 0.717) is 6.04 Å². The number of nitrogens with one attached hydrogen (secondary N) is 1. The van der Waals surface area contributed by atoms with Crippen LogP contribution in [0.5, 0.6) is 0 Å². The van der Waals surface area contributed by atoms with E-state index in [1.165, 1.54) is 12.8 Å². The molecule has 5 heteroatoms. The normalized spacial score (nSPS) is 18.2. The van der Waals surface area contributed by atoms with Gasteiger partial charge in [0.15, 0.2) is 5.16 Å². The molecule has 0 amide bonds. The molecule has 1 aromatic heterocycles. The van der Waals surface area contributed by atoms with Crippen LogP contribution >= 0.6 is 11.8 Å². The number of rotatable bonds is 9. The van der Waals surface area contributed by atoms with E-state index in [-0.39, 0.29) is 12.1 Å². The van der Waals surface area contributed by atoms with Gasteiger partial charge in [-0.2, -0.15) is 0 Å². The molecular weight excluding hydrogens is 258 g/mol. The maximum atomic E-state index is 9.51. The van der Waals surface area contributed by atoms with Crippen LogP contribution in [0.25, 0.3) is 0 Å². The van der Waals surface area contributed by atoms with Crippen LogP contribution in [0, 0.1) is 0 Å². The second kappa shape index (κ2) is 7.22. The fraction of sp³-hybridized carbons (Fsp3) is 0.714. The van der Waals surface area contributed by atoms with Gasteiger partial charge in [0.05, 0.1) is 6.61 Å². The van der Waals surface area contributed by atoms with Gasteiger partial charge in [-0.1, -0.05) is 18.2 Å². The molecule has 1 fully saturated rings. The van der Waals surface area contributed by atoms with Crippen molar-refractivity contribution in [1.29, 1.82) is 0 Å². The molecule has 0 radical (unpaired) electrons. The Balaban J connectivity index is 1.60. The summed E-state index contributed by atoms with van der Waals surface area (Å²) < 4.78 is 0. The number of hydrogen-bond donors (Lipinski definition) is 2. The van der Waals surface area contributed by atoms with Crippen molar-refractivity contribution in [3.63, 3.8) is 0 Å². The Hall–Kier alpha value is -0.650. The van der Waals surface area contributed by atoms with Gasteiger partial charge in [0, 0.05) is 29.7 Å². The summed E-state index contributed by atoms with van der Waals surface area (Å²) in [6, 6.07) is 2.48. The van der Waals surface area contributed by atoms with Crippen molar-refractivity contribution in [1.82, 2.24) is 15.3 Å². The summed E-state index contributed by atoms with van der Waals surface area (Å²) >= 11 is 1.70. The van der Waals surface area contributed by atoms with Crippen LogP contribution in [-0.2, 0) is 0 Å². The van der Waals surface area contributed by atoms with Gasteiger partial charge in [0.25, 0.3) is 0 Å². The molecule has 1 saturated carbocycles. The lowest BCUT2D eigenvalue weighted by molar-refractivity contribution is 0.161. The highest BCUT2D eigenvalue weighted by Gasteiger charge is 2.31.